The van der Waals surface area contributed by atoms with E-state index in [2.05, 4.69) is 24.8 Å². The van der Waals surface area contributed by atoms with E-state index in [1.807, 2.05) is 0 Å². The minimum absolute atomic E-state index is 0.0779. The molecule has 4 aromatic rings. The lowest BCUT2D eigenvalue weighted by molar-refractivity contribution is 0.0947. The molecule has 2 N–H and O–H groups in total. The Bertz CT molecular complexity index is 1550. The van der Waals surface area contributed by atoms with Crippen LogP contribution < -0.4 is 14.9 Å². The molecule has 1 aliphatic rings. The fourth-order valence-electron chi connectivity index (χ4n) is 4.17. The second-order valence-electron chi connectivity index (χ2n) is 8.83. The second-order valence-corrected chi connectivity index (χ2v) is 11.5. The molecule has 1 amide bonds. The number of hydrogen-bond donors (Lipinski definition) is 2. The SMILES string of the molecule is O=C(NCCN1CCN(c2nc3ccc(F)cc3s2)CC1)c1cccc(NS(=O)(=O)c2ccc(F)cc2)c1. The molecule has 12 heteroatoms. The van der Waals surface area contributed by atoms with Crippen LogP contribution in [0.2, 0.25) is 0 Å². The van der Waals surface area contributed by atoms with Crippen LogP contribution in [-0.2, 0) is 10.0 Å². The maximum atomic E-state index is 13.5. The number of carbonyl (C=O) groups excluding carboxylic acids is 1. The number of fused-ring (bicyclic) bond motifs is 1. The van der Waals surface area contributed by atoms with Gasteiger partial charge in [0.25, 0.3) is 15.9 Å². The van der Waals surface area contributed by atoms with Crippen molar-refractivity contribution in [2.24, 2.45) is 0 Å². The van der Waals surface area contributed by atoms with Crippen LogP contribution in [0.5, 0.6) is 0 Å². The van der Waals surface area contributed by atoms with Gasteiger partial charge in [-0.3, -0.25) is 14.4 Å². The van der Waals surface area contributed by atoms with Gasteiger partial charge in [0, 0.05) is 50.5 Å². The molecule has 1 saturated heterocycles. The summed E-state index contributed by atoms with van der Waals surface area (Å²) in [6.07, 6.45) is 0. The van der Waals surface area contributed by atoms with Crippen molar-refractivity contribution in [1.82, 2.24) is 15.2 Å². The number of nitrogens with zero attached hydrogens (tertiary/aromatic N) is 3. The number of benzene rings is 3. The van der Waals surface area contributed by atoms with E-state index < -0.39 is 15.8 Å². The molecule has 8 nitrogen and oxygen atoms in total. The van der Waals surface area contributed by atoms with Gasteiger partial charge >= 0.3 is 0 Å². The van der Waals surface area contributed by atoms with Gasteiger partial charge in [0.05, 0.1) is 15.1 Å². The molecule has 38 heavy (non-hydrogen) atoms. The van der Waals surface area contributed by atoms with Crippen LogP contribution in [0.1, 0.15) is 10.4 Å². The van der Waals surface area contributed by atoms with Crippen LogP contribution in [0.4, 0.5) is 19.6 Å². The lowest BCUT2D eigenvalue weighted by Gasteiger charge is -2.34. The number of amides is 1. The first-order valence-electron chi connectivity index (χ1n) is 12.0. The second kappa shape index (κ2) is 11.0. The number of halogens is 2. The zero-order valence-electron chi connectivity index (χ0n) is 20.2. The van der Waals surface area contributed by atoms with E-state index in [4.69, 9.17) is 0 Å². The predicted octanol–water partition coefficient (Wildman–Crippen LogP) is 3.93. The summed E-state index contributed by atoms with van der Waals surface area (Å²) in [5.41, 5.74) is 1.35. The molecule has 0 radical (unpaired) electrons. The van der Waals surface area contributed by atoms with Crippen molar-refractivity contribution in [3.8, 4) is 0 Å². The zero-order valence-corrected chi connectivity index (χ0v) is 21.9. The summed E-state index contributed by atoms with van der Waals surface area (Å²) in [5.74, 6) is -1.11. The van der Waals surface area contributed by atoms with E-state index in [0.29, 0.717) is 18.7 Å². The topological polar surface area (TPSA) is 94.6 Å². The zero-order chi connectivity index (χ0) is 26.7. The van der Waals surface area contributed by atoms with Crippen molar-refractivity contribution in [3.05, 3.63) is 83.9 Å². The molecule has 0 spiro atoms. The summed E-state index contributed by atoms with van der Waals surface area (Å²) in [6.45, 7) is 4.28. The van der Waals surface area contributed by atoms with Gasteiger partial charge < -0.3 is 10.2 Å². The van der Waals surface area contributed by atoms with Gasteiger partial charge in [0.1, 0.15) is 11.6 Å². The van der Waals surface area contributed by atoms with Crippen LogP contribution in [0.25, 0.3) is 10.2 Å². The van der Waals surface area contributed by atoms with E-state index in [9.17, 15) is 22.0 Å². The van der Waals surface area contributed by atoms with Crippen molar-refractivity contribution >= 4 is 48.3 Å². The summed E-state index contributed by atoms with van der Waals surface area (Å²) in [6, 6.07) is 15.3. The van der Waals surface area contributed by atoms with Crippen molar-refractivity contribution in [2.45, 2.75) is 4.90 Å². The van der Waals surface area contributed by atoms with E-state index >= 15 is 0 Å². The van der Waals surface area contributed by atoms with Crippen molar-refractivity contribution in [3.63, 3.8) is 0 Å². The Morgan fingerprint density at radius 1 is 0.947 bits per heavy atom. The molecule has 2 heterocycles. The fraction of sp³-hybridized carbons (Fsp3) is 0.231. The smallest absolute Gasteiger partial charge is 0.261 e. The molecule has 198 valence electrons. The number of carbonyl (C=O) groups is 1. The number of anilines is 2. The number of nitrogens with one attached hydrogen (secondary N) is 2. The van der Waals surface area contributed by atoms with Crippen LogP contribution in [0.3, 0.4) is 0 Å². The number of thiazole rings is 1. The van der Waals surface area contributed by atoms with Gasteiger partial charge in [-0.25, -0.2) is 22.2 Å². The third-order valence-corrected chi connectivity index (χ3v) is 8.67. The molecule has 1 aromatic heterocycles. The quantitative estimate of drug-likeness (QED) is 0.341. The van der Waals surface area contributed by atoms with Crippen LogP contribution in [-0.4, -0.2) is 63.5 Å². The molecule has 0 bridgehead atoms. The fourth-order valence-corrected chi connectivity index (χ4v) is 6.26. The minimum Gasteiger partial charge on any atom is -0.351 e. The molecule has 0 saturated carbocycles. The Morgan fingerprint density at radius 3 is 2.45 bits per heavy atom. The molecule has 3 aromatic carbocycles. The highest BCUT2D eigenvalue weighted by molar-refractivity contribution is 7.92. The number of rotatable bonds is 8. The highest BCUT2D eigenvalue weighted by Crippen LogP contribution is 2.29. The van der Waals surface area contributed by atoms with Gasteiger partial charge in [-0.15, -0.1) is 0 Å². The number of aromatic nitrogens is 1. The third kappa shape index (κ3) is 6.09. The minimum atomic E-state index is -3.92. The van der Waals surface area contributed by atoms with E-state index in [1.54, 1.807) is 24.3 Å². The molecular formula is C26H25F2N5O3S2. The highest BCUT2D eigenvalue weighted by atomic mass is 32.2. The number of hydrogen-bond acceptors (Lipinski definition) is 7. The number of sulfonamides is 1. The van der Waals surface area contributed by atoms with E-state index in [0.717, 1.165) is 53.7 Å². The Balaban J connectivity index is 1.10. The van der Waals surface area contributed by atoms with E-state index in [-0.39, 0.29) is 22.3 Å². The Kier molecular flexibility index (Phi) is 7.54. The van der Waals surface area contributed by atoms with Crippen LogP contribution in [0, 0.1) is 11.6 Å². The van der Waals surface area contributed by atoms with Crippen molar-refractivity contribution in [1.29, 1.82) is 0 Å². The van der Waals surface area contributed by atoms with Gasteiger partial charge in [-0.05, 0) is 60.7 Å². The number of piperazine rings is 1. The standard InChI is InChI=1S/C26H25F2N5O3S2/c27-19-4-7-22(8-5-19)38(35,36)31-21-3-1-2-18(16-21)25(34)29-10-11-32-12-14-33(15-13-32)26-30-23-9-6-20(28)17-24(23)37-26/h1-9,16-17,31H,10-15H2,(H,29,34). The average Bonchev–Trinajstić information content (AvgIpc) is 3.32. The van der Waals surface area contributed by atoms with E-state index in [1.165, 1.54) is 41.7 Å². The molecular weight excluding hydrogens is 532 g/mol. The lowest BCUT2D eigenvalue weighted by atomic mass is 10.2. The predicted molar refractivity (Wildman–Crippen MR) is 144 cm³/mol. The molecule has 1 fully saturated rings. The first-order valence-corrected chi connectivity index (χ1v) is 14.3. The maximum absolute atomic E-state index is 13.5. The largest absolute Gasteiger partial charge is 0.351 e. The summed E-state index contributed by atoms with van der Waals surface area (Å²) in [4.78, 5) is 21.6. The average molecular weight is 558 g/mol. The normalized spacial score (nSPS) is 14.5. The highest BCUT2D eigenvalue weighted by Gasteiger charge is 2.20. The van der Waals surface area contributed by atoms with Gasteiger partial charge in [0.15, 0.2) is 5.13 Å². The van der Waals surface area contributed by atoms with Gasteiger partial charge in [-0.1, -0.05) is 17.4 Å². The third-order valence-electron chi connectivity index (χ3n) is 6.20. The van der Waals surface area contributed by atoms with Gasteiger partial charge in [-0.2, -0.15) is 0 Å². The summed E-state index contributed by atoms with van der Waals surface area (Å²) in [5, 5.41) is 3.76. The lowest BCUT2D eigenvalue weighted by Crippen LogP contribution is -2.48. The van der Waals surface area contributed by atoms with Crippen molar-refractivity contribution in [2.75, 3.05) is 48.9 Å². The van der Waals surface area contributed by atoms with Crippen LogP contribution in [0.15, 0.2) is 71.6 Å². The molecule has 0 aliphatic carbocycles. The van der Waals surface area contributed by atoms with Crippen LogP contribution >= 0.6 is 11.3 Å². The first-order chi connectivity index (χ1) is 18.3. The van der Waals surface area contributed by atoms with Crippen molar-refractivity contribution < 1.29 is 22.0 Å². The molecule has 1 aliphatic heterocycles. The Labute approximate surface area is 223 Å². The molecule has 5 rings (SSSR count). The maximum Gasteiger partial charge on any atom is 0.261 e. The Morgan fingerprint density at radius 2 is 1.68 bits per heavy atom. The Hall–Kier alpha value is -3.61. The molecule has 0 unspecified atom stereocenters. The summed E-state index contributed by atoms with van der Waals surface area (Å²) in [7, 11) is -3.92. The monoisotopic (exact) mass is 557 g/mol. The molecule has 0 atom stereocenters. The van der Waals surface area contributed by atoms with Gasteiger partial charge in [0.2, 0.25) is 0 Å². The first kappa shape index (κ1) is 26.0. The summed E-state index contributed by atoms with van der Waals surface area (Å²) >= 11 is 1.48. The summed E-state index contributed by atoms with van der Waals surface area (Å²) < 4.78 is 55.0.